The summed E-state index contributed by atoms with van der Waals surface area (Å²) in [5, 5.41) is 0. The first-order valence-corrected chi connectivity index (χ1v) is 12.1. The molecule has 0 heterocycles. The van der Waals surface area contributed by atoms with Gasteiger partial charge in [-0.1, -0.05) is 65.2 Å². The van der Waals surface area contributed by atoms with Crippen molar-refractivity contribution in [1.82, 2.24) is 0 Å². The van der Waals surface area contributed by atoms with E-state index in [1.165, 1.54) is 0 Å². The van der Waals surface area contributed by atoms with Crippen molar-refractivity contribution in [2.75, 3.05) is 26.4 Å². The molecule has 1 aromatic carbocycles. The molecule has 0 aliphatic heterocycles. The topological polar surface area (TPSA) is 54.0 Å². The molecule has 0 aliphatic carbocycles. The van der Waals surface area contributed by atoms with Crippen molar-refractivity contribution in [3.63, 3.8) is 0 Å². The van der Waals surface area contributed by atoms with Crippen LogP contribution in [0.3, 0.4) is 0 Å². The van der Waals surface area contributed by atoms with Crippen molar-refractivity contribution in [2.45, 2.75) is 85.9 Å². The highest BCUT2D eigenvalue weighted by atomic mass is 16.7. The molecule has 1 aromatic rings. The smallest absolute Gasteiger partial charge is 0.308 e. The monoisotopic (exact) mass is 436 g/mol. The van der Waals surface area contributed by atoms with Crippen LogP contribution in [-0.2, 0) is 19.0 Å². The molecule has 0 N–H and O–H groups in total. The van der Waals surface area contributed by atoms with Crippen molar-refractivity contribution < 1.29 is 23.7 Å². The maximum absolute atomic E-state index is 12.7. The third-order valence-electron chi connectivity index (χ3n) is 5.77. The van der Waals surface area contributed by atoms with E-state index in [1.807, 2.05) is 44.2 Å². The Labute approximate surface area is 189 Å². The molecule has 0 saturated carbocycles. The Morgan fingerprint density at radius 1 is 0.935 bits per heavy atom. The fourth-order valence-corrected chi connectivity index (χ4v) is 3.20. The fraction of sp³-hybridized carbons (Fsp3) is 0.731. The number of benzene rings is 1. The van der Waals surface area contributed by atoms with Crippen molar-refractivity contribution >= 4 is 5.97 Å². The molecular weight excluding hydrogens is 392 g/mol. The van der Waals surface area contributed by atoms with Crippen LogP contribution >= 0.6 is 0 Å². The van der Waals surface area contributed by atoms with Crippen LogP contribution < -0.4 is 4.74 Å². The van der Waals surface area contributed by atoms with Gasteiger partial charge in [-0.05, 0) is 44.7 Å². The lowest BCUT2D eigenvalue weighted by Crippen LogP contribution is -2.40. The van der Waals surface area contributed by atoms with E-state index in [4.69, 9.17) is 18.9 Å². The molecule has 5 nitrogen and oxygen atoms in total. The van der Waals surface area contributed by atoms with Crippen LogP contribution in [0.4, 0.5) is 0 Å². The lowest BCUT2D eigenvalue weighted by molar-refractivity contribution is -0.172. The zero-order chi connectivity index (χ0) is 23.0. The van der Waals surface area contributed by atoms with E-state index < -0.39 is 5.41 Å². The van der Waals surface area contributed by atoms with Crippen LogP contribution in [-0.4, -0.2) is 38.7 Å². The molecule has 178 valence electrons. The van der Waals surface area contributed by atoms with Crippen LogP contribution in [0, 0.1) is 11.3 Å². The summed E-state index contributed by atoms with van der Waals surface area (Å²) in [6.45, 7) is 12.1. The number of carbonyl (C=O) groups excluding carboxylic acids is 1. The Kier molecular flexibility index (Phi) is 14.3. The van der Waals surface area contributed by atoms with Gasteiger partial charge in [0, 0.05) is 6.61 Å². The van der Waals surface area contributed by atoms with E-state index in [2.05, 4.69) is 20.8 Å². The van der Waals surface area contributed by atoms with Gasteiger partial charge in [-0.2, -0.15) is 0 Å². The number of esters is 1. The lowest BCUT2D eigenvalue weighted by Gasteiger charge is -2.33. The molecule has 0 aromatic heterocycles. The SMILES string of the molecule is CCCCOC(C)OCC(CC)(COC(=O)C(CC)CCCC)COc1ccccc1. The number of carbonyl (C=O) groups is 1. The van der Waals surface area contributed by atoms with E-state index >= 15 is 0 Å². The quantitative estimate of drug-likeness (QED) is 0.151. The summed E-state index contributed by atoms with van der Waals surface area (Å²) in [4.78, 5) is 12.7. The van der Waals surface area contributed by atoms with Crippen molar-refractivity contribution in [1.29, 1.82) is 0 Å². The van der Waals surface area contributed by atoms with Crippen LogP contribution in [0.5, 0.6) is 5.75 Å². The summed E-state index contributed by atoms with van der Waals surface area (Å²) < 4.78 is 23.7. The molecule has 0 aliphatic rings. The van der Waals surface area contributed by atoms with E-state index in [0.717, 1.165) is 50.7 Å². The minimum absolute atomic E-state index is 0.0400. The fourth-order valence-electron chi connectivity index (χ4n) is 3.20. The highest BCUT2D eigenvalue weighted by molar-refractivity contribution is 5.72. The number of rotatable bonds is 18. The number of ether oxygens (including phenoxy) is 4. The molecule has 0 amide bonds. The minimum atomic E-state index is -0.434. The summed E-state index contributed by atoms with van der Waals surface area (Å²) in [7, 11) is 0. The molecule has 0 spiro atoms. The first-order chi connectivity index (χ1) is 15.0. The Hall–Kier alpha value is -1.59. The first kappa shape index (κ1) is 27.4. The number of hydrogen-bond donors (Lipinski definition) is 0. The first-order valence-electron chi connectivity index (χ1n) is 12.1. The lowest BCUT2D eigenvalue weighted by atomic mass is 9.87. The van der Waals surface area contributed by atoms with Crippen molar-refractivity contribution in [3.05, 3.63) is 30.3 Å². The Morgan fingerprint density at radius 2 is 1.65 bits per heavy atom. The maximum atomic E-state index is 12.7. The molecule has 0 saturated heterocycles. The molecule has 31 heavy (non-hydrogen) atoms. The highest BCUT2D eigenvalue weighted by Crippen LogP contribution is 2.27. The molecular formula is C26H44O5. The van der Waals surface area contributed by atoms with E-state index in [0.29, 0.717) is 19.8 Å². The van der Waals surface area contributed by atoms with Crippen LogP contribution in [0.1, 0.15) is 79.6 Å². The second-order valence-corrected chi connectivity index (χ2v) is 8.41. The number of unbranched alkanes of at least 4 members (excludes halogenated alkanes) is 2. The highest BCUT2D eigenvalue weighted by Gasteiger charge is 2.34. The van der Waals surface area contributed by atoms with Crippen molar-refractivity contribution in [2.24, 2.45) is 11.3 Å². The van der Waals surface area contributed by atoms with Gasteiger partial charge in [0.25, 0.3) is 0 Å². The van der Waals surface area contributed by atoms with Crippen LogP contribution in [0.25, 0.3) is 0 Å². The third kappa shape index (κ3) is 11.0. The normalized spacial score (nSPS) is 15.1. The summed E-state index contributed by atoms with van der Waals surface area (Å²) in [5.74, 6) is 0.649. The van der Waals surface area contributed by atoms with E-state index in [-0.39, 0.29) is 24.8 Å². The molecule has 5 heteroatoms. The summed E-state index contributed by atoms with van der Waals surface area (Å²) in [5.41, 5.74) is -0.434. The maximum Gasteiger partial charge on any atom is 0.308 e. The largest absolute Gasteiger partial charge is 0.493 e. The third-order valence-corrected chi connectivity index (χ3v) is 5.77. The van der Waals surface area contributed by atoms with Gasteiger partial charge in [-0.3, -0.25) is 4.79 Å². The summed E-state index contributed by atoms with van der Waals surface area (Å²) in [6, 6.07) is 9.72. The molecule has 3 unspecified atom stereocenters. The van der Waals surface area contributed by atoms with Gasteiger partial charge in [0.2, 0.25) is 0 Å². The number of para-hydroxylation sites is 1. The Balaban J connectivity index is 2.77. The van der Waals surface area contributed by atoms with E-state index in [1.54, 1.807) is 0 Å². The van der Waals surface area contributed by atoms with E-state index in [9.17, 15) is 4.79 Å². The predicted molar refractivity (Wildman–Crippen MR) is 125 cm³/mol. The van der Waals surface area contributed by atoms with Gasteiger partial charge in [-0.25, -0.2) is 0 Å². The van der Waals surface area contributed by atoms with Gasteiger partial charge in [0.15, 0.2) is 6.29 Å². The predicted octanol–water partition coefficient (Wildman–Crippen LogP) is 6.40. The zero-order valence-corrected chi connectivity index (χ0v) is 20.4. The van der Waals surface area contributed by atoms with Gasteiger partial charge in [0.1, 0.15) is 12.4 Å². The average molecular weight is 437 g/mol. The standard InChI is InChI=1S/C26H44O5/c1-6-10-15-23(8-3)25(27)31-21-26(9-4,19-29-22(5)28-18-11-7-2)20-30-24-16-13-12-14-17-24/h12-14,16-17,22-23H,6-11,15,18-21H2,1-5H3. The minimum Gasteiger partial charge on any atom is -0.493 e. The van der Waals surface area contributed by atoms with Gasteiger partial charge in [0.05, 0.1) is 24.5 Å². The number of hydrogen-bond acceptors (Lipinski definition) is 5. The van der Waals surface area contributed by atoms with Gasteiger partial charge >= 0.3 is 5.97 Å². The summed E-state index contributed by atoms with van der Waals surface area (Å²) >= 11 is 0. The van der Waals surface area contributed by atoms with Crippen molar-refractivity contribution in [3.8, 4) is 5.75 Å². The molecule has 0 fully saturated rings. The molecule has 0 bridgehead atoms. The molecule has 0 radical (unpaired) electrons. The average Bonchev–Trinajstić information content (AvgIpc) is 2.80. The molecule has 3 atom stereocenters. The Morgan fingerprint density at radius 3 is 2.26 bits per heavy atom. The van der Waals surface area contributed by atoms with Crippen LogP contribution in [0.2, 0.25) is 0 Å². The summed E-state index contributed by atoms with van der Waals surface area (Å²) in [6.07, 6.45) is 6.36. The second kappa shape index (κ2) is 16.1. The van der Waals surface area contributed by atoms with Crippen LogP contribution in [0.15, 0.2) is 30.3 Å². The molecule has 1 rings (SSSR count). The Bertz CT molecular complexity index is 576. The van der Waals surface area contributed by atoms with Gasteiger partial charge in [-0.15, -0.1) is 0 Å². The zero-order valence-electron chi connectivity index (χ0n) is 20.4. The van der Waals surface area contributed by atoms with Gasteiger partial charge < -0.3 is 18.9 Å². The second-order valence-electron chi connectivity index (χ2n) is 8.41.